The van der Waals surface area contributed by atoms with Crippen molar-refractivity contribution < 1.29 is 14.7 Å². The van der Waals surface area contributed by atoms with Gasteiger partial charge in [-0.25, -0.2) is 0 Å². The Kier molecular flexibility index (Phi) is 5.20. The topological polar surface area (TPSA) is 57.6 Å². The lowest BCUT2D eigenvalue weighted by atomic mass is 10.2. The molecule has 0 aromatic carbocycles. The second kappa shape index (κ2) is 6.19. The van der Waals surface area contributed by atoms with Gasteiger partial charge in [-0.3, -0.25) is 9.59 Å². The molecule has 0 aliphatic heterocycles. The molecule has 4 nitrogen and oxygen atoms in total. The second-order valence-corrected chi connectivity index (χ2v) is 6.07. The standard InChI is InChI=1S/C10H12INO3S/c1-2-3-12(5-9(13)14)10(15)7-4-8(11)16-6-7/h4,6H,2-3,5H2,1H3,(H,13,14). The summed E-state index contributed by atoms with van der Waals surface area (Å²) < 4.78 is 1.02. The van der Waals surface area contributed by atoms with Crippen LogP contribution in [0.5, 0.6) is 0 Å². The fourth-order valence-electron chi connectivity index (χ4n) is 1.29. The summed E-state index contributed by atoms with van der Waals surface area (Å²) >= 11 is 3.61. The number of carboxylic acids is 1. The van der Waals surface area contributed by atoms with Gasteiger partial charge in [0.2, 0.25) is 0 Å². The molecule has 0 aliphatic rings. The van der Waals surface area contributed by atoms with E-state index in [0.717, 1.165) is 9.30 Å². The minimum Gasteiger partial charge on any atom is -0.480 e. The molecule has 0 saturated heterocycles. The van der Waals surface area contributed by atoms with E-state index >= 15 is 0 Å². The van der Waals surface area contributed by atoms with Gasteiger partial charge >= 0.3 is 5.97 Å². The molecule has 0 fully saturated rings. The van der Waals surface area contributed by atoms with Gasteiger partial charge in [0.15, 0.2) is 0 Å². The molecular formula is C10H12INO3S. The Morgan fingerprint density at radius 2 is 2.25 bits per heavy atom. The highest BCUT2D eigenvalue weighted by molar-refractivity contribution is 14.1. The van der Waals surface area contributed by atoms with Crippen molar-refractivity contribution in [1.82, 2.24) is 4.90 Å². The first kappa shape index (κ1) is 13.4. The third-order valence-electron chi connectivity index (χ3n) is 1.92. The van der Waals surface area contributed by atoms with Crippen LogP contribution in [0.1, 0.15) is 23.7 Å². The van der Waals surface area contributed by atoms with E-state index in [2.05, 4.69) is 22.6 Å². The van der Waals surface area contributed by atoms with Gasteiger partial charge in [-0.15, -0.1) is 11.3 Å². The summed E-state index contributed by atoms with van der Waals surface area (Å²) in [5.41, 5.74) is 0.573. The Morgan fingerprint density at radius 3 is 2.69 bits per heavy atom. The number of aliphatic carboxylic acids is 1. The molecule has 1 amide bonds. The lowest BCUT2D eigenvalue weighted by molar-refractivity contribution is -0.137. The normalized spacial score (nSPS) is 10.1. The monoisotopic (exact) mass is 353 g/mol. The number of rotatable bonds is 5. The maximum atomic E-state index is 11.9. The van der Waals surface area contributed by atoms with E-state index in [0.29, 0.717) is 12.1 Å². The van der Waals surface area contributed by atoms with Crippen LogP contribution in [0.2, 0.25) is 0 Å². The summed E-state index contributed by atoms with van der Waals surface area (Å²) in [7, 11) is 0. The summed E-state index contributed by atoms with van der Waals surface area (Å²) in [5.74, 6) is -1.19. The lowest BCUT2D eigenvalue weighted by Gasteiger charge is -2.19. The van der Waals surface area contributed by atoms with E-state index in [1.54, 1.807) is 11.4 Å². The largest absolute Gasteiger partial charge is 0.480 e. The molecule has 0 atom stereocenters. The molecule has 0 radical (unpaired) electrons. The molecule has 0 aliphatic carbocycles. The van der Waals surface area contributed by atoms with Crippen molar-refractivity contribution in [1.29, 1.82) is 0 Å². The molecule has 88 valence electrons. The van der Waals surface area contributed by atoms with Crippen molar-refractivity contribution in [3.05, 3.63) is 19.9 Å². The maximum Gasteiger partial charge on any atom is 0.323 e. The van der Waals surface area contributed by atoms with Crippen LogP contribution in [0.4, 0.5) is 0 Å². The molecule has 1 aromatic rings. The van der Waals surface area contributed by atoms with Gasteiger partial charge in [0.05, 0.1) is 8.45 Å². The number of hydrogen-bond donors (Lipinski definition) is 1. The van der Waals surface area contributed by atoms with Crippen LogP contribution in [0, 0.1) is 2.88 Å². The van der Waals surface area contributed by atoms with Crippen LogP contribution in [0.15, 0.2) is 11.4 Å². The van der Waals surface area contributed by atoms with Gasteiger partial charge in [-0.05, 0) is 35.1 Å². The molecule has 1 aromatic heterocycles. The summed E-state index contributed by atoms with van der Waals surface area (Å²) in [6, 6.07) is 1.78. The third-order valence-corrected chi connectivity index (χ3v) is 3.71. The van der Waals surface area contributed by atoms with E-state index in [-0.39, 0.29) is 12.5 Å². The Balaban J connectivity index is 2.78. The van der Waals surface area contributed by atoms with Crippen molar-refractivity contribution in [3.63, 3.8) is 0 Å². The van der Waals surface area contributed by atoms with Crippen LogP contribution in [-0.4, -0.2) is 35.0 Å². The van der Waals surface area contributed by atoms with Crippen LogP contribution in [-0.2, 0) is 4.79 Å². The highest BCUT2D eigenvalue weighted by atomic mass is 127. The minimum absolute atomic E-state index is 0.205. The van der Waals surface area contributed by atoms with Crippen LogP contribution < -0.4 is 0 Å². The molecular weight excluding hydrogens is 341 g/mol. The molecule has 0 unspecified atom stereocenters. The van der Waals surface area contributed by atoms with Crippen LogP contribution in [0.25, 0.3) is 0 Å². The predicted molar refractivity (Wildman–Crippen MR) is 70.9 cm³/mol. The van der Waals surface area contributed by atoms with Gasteiger partial charge in [0.25, 0.3) is 5.91 Å². The average molecular weight is 353 g/mol. The first-order chi connectivity index (χ1) is 7.54. The Morgan fingerprint density at radius 1 is 1.56 bits per heavy atom. The van der Waals surface area contributed by atoms with E-state index in [9.17, 15) is 9.59 Å². The number of thiophene rings is 1. The van der Waals surface area contributed by atoms with Crippen molar-refractivity contribution in [2.75, 3.05) is 13.1 Å². The third kappa shape index (κ3) is 3.75. The van der Waals surface area contributed by atoms with E-state index in [1.807, 2.05) is 6.92 Å². The van der Waals surface area contributed by atoms with Crippen molar-refractivity contribution >= 4 is 45.8 Å². The molecule has 0 bridgehead atoms. The molecule has 1 heterocycles. The molecule has 0 spiro atoms. The number of carboxylic acid groups (broad SMARTS) is 1. The molecule has 0 saturated carbocycles. The van der Waals surface area contributed by atoms with Crippen LogP contribution in [0.3, 0.4) is 0 Å². The Bertz CT molecular complexity index is 391. The van der Waals surface area contributed by atoms with Crippen LogP contribution >= 0.6 is 33.9 Å². The summed E-state index contributed by atoms with van der Waals surface area (Å²) in [5, 5.41) is 10.5. The number of amides is 1. The SMILES string of the molecule is CCCN(CC(=O)O)C(=O)c1csc(I)c1. The van der Waals surface area contributed by atoms with E-state index in [1.165, 1.54) is 16.2 Å². The van der Waals surface area contributed by atoms with Gasteiger partial charge in [0, 0.05) is 11.9 Å². The molecule has 6 heteroatoms. The fourth-order valence-corrected chi connectivity index (χ4v) is 2.61. The second-order valence-electron chi connectivity index (χ2n) is 3.26. The fraction of sp³-hybridized carbons (Fsp3) is 0.400. The van der Waals surface area contributed by atoms with Gasteiger partial charge in [0.1, 0.15) is 6.54 Å². The quantitative estimate of drug-likeness (QED) is 0.827. The summed E-state index contributed by atoms with van der Waals surface area (Å²) in [6.45, 7) is 2.15. The van der Waals surface area contributed by atoms with Crippen molar-refractivity contribution in [2.24, 2.45) is 0 Å². The van der Waals surface area contributed by atoms with E-state index in [4.69, 9.17) is 5.11 Å². The van der Waals surface area contributed by atoms with E-state index < -0.39 is 5.97 Å². The average Bonchev–Trinajstić information content (AvgIpc) is 2.62. The summed E-state index contributed by atoms with van der Waals surface area (Å²) in [6.07, 6.45) is 0.750. The smallest absolute Gasteiger partial charge is 0.323 e. The number of carbonyl (C=O) groups is 2. The van der Waals surface area contributed by atoms with Gasteiger partial charge < -0.3 is 10.0 Å². The Hall–Kier alpha value is -0.630. The minimum atomic E-state index is -0.980. The maximum absolute atomic E-state index is 11.9. The van der Waals surface area contributed by atoms with Gasteiger partial charge in [-0.1, -0.05) is 6.92 Å². The van der Waals surface area contributed by atoms with Crippen molar-refractivity contribution in [3.8, 4) is 0 Å². The Labute approximate surface area is 111 Å². The lowest BCUT2D eigenvalue weighted by Crippen LogP contribution is -2.36. The number of halogens is 1. The zero-order valence-corrected chi connectivity index (χ0v) is 11.7. The highest BCUT2D eigenvalue weighted by Crippen LogP contribution is 2.18. The summed E-state index contributed by atoms with van der Waals surface area (Å²) in [4.78, 5) is 23.9. The van der Waals surface area contributed by atoms with Gasteiger partial charge in [-0.2, -0.15) is 0 Å². The number of nitrogens with zero attached hydrogens (tertiary/aromatic N) is 1. The highest BCUT2D eigenvalue weighted by Gasteiger charge is 2.18. The van der Waals surface area contributed by atoms with Crippen molar-refractivity contribution in [2.45, 2.75) is 13.3 Å². The number of hydrogen-bond acceptors (Lipinski definition) is 3. The molecule has 1 N–H and O–H groups in total. The first-order valence-corrected chi connectivity index (χ1v) is 6.75. The zero-order valence-electron chi connectivity index (χ0n) is 8.77. The molecule has 16 heavy (non-hydrogen) atoms. The predicted octanol–water partition coefficient (Wildman–Crippen LogP) is 2.29. The first-order valence-electron chi connectivity index (χ1n) is 4.79. The molecule has 1 rings (SSSR count). The number of carbonyl (C=O) groups excluding carboxylic acids is 1. The zero-order chi connectivity index (χ0) is 12.1.